The topological polar surface area (TPSA) is 68.2 Å². The number of esters is 1. The molecule has 1 amide bonds. The number of fused-ring (bicyclic) bond motifs is 2. The molecule has 0 N–H and O–H groups in total. The molecule has 6 nitrogen and oxygen atoms in total. The van der Waals surface area contributed by atoms with E-state index in [4.69, 9.17) is 26.1 Å². The minimum Gasteiger partial charge on any atom is -0.487 e. The zero-order valence-electron chi connectivity index (χ0n) is 24.8. The van der Waals surface area contributed by atoms with Crippen LogP contribution in [0.25, 0.3) is 0 Å². The van der Waals surface area contributed by atoms with E-state index < -0.39 is 5.66 Å². The number of aliphatic imine (C=N–C) groups is 1. The van der Waals surface area contributed by atoms with Gasteiger partial charge in [0, 0.05) is 11.5 Å². The first kappa shape index (κ1) is 28.1. The van der Waals surface area contributed by atoms with Gasteiger partial charge in [-0.25, -0.2) is 4.79 Å². The van der Waals surface area contributed by atoms with Gasteiger partial charge < -0.3 is 14.4 Å². The van der Waals surface area contributed by atoms with E-state index in [0.717, 1.165) is 42.4 Å². The van der Waals surface area contributed by atoms with E-state index in [1.165, 1.54) is 7.11 Å². The Morgan fingerprint density at radius 3 is 2.42 bits per heavy atom. The fourth-order valence-electron chi connectivity index (χ4n) is 7.70. The molecule has 0 saturated heterocycles. The third kappa shape index (κ3) is 4.75. The molecular weight excluding hydrogens is 560 g/mol. The quantitative estimate of drug-likeness (QED) is 0.240. The fraction of sp³-hybridized carbons (Fsp3) is 0.417. The van der Waals surface area contributed by atoms with Crippen LogP contribution in [0.4, 0.5) is 0 Å². The van der Waals surface area contributed by atoms with Crippen LogP contribution in [0.5, 0.6) is 5.75 Å². The molecule has 0 aromatic heterocycles. The highest BCUT2D eigenvalue weighted by Crippen LogP contribution is 2.68. The van der Waals surface area contributed by atoms with Gasteiger partial charge in [0.05, 0.1) is 23.7 Å². The maximum Gasteiger partial charge on any atom is 0.337 e. The zero-order valence-corrected chi connectivity index (χ0v) is 25.6. The van der Waals surface area contributed by atoms with Crippen LogP contribution in [0.2, 0.25) is 5.02 Å². The number of ether oxygens (including phenoxy) is 2. The summed E-state index contributed by atoms with van der Waals surface area (Å²) in [4.78, 5) is 34.1. The molecule has 43 heavy (non-hydrogen) atoms. The summed E-state index contributed by atoms with van der Waals surface area (Å²) in [5.74, 6) is 2.82. The summed E-state index contributed by atoms with van der Waals surface area (Å²) in [5.41, 5.74) is 3.28. The third-order valence-electron chi connectivity index (χ3n) is 10.2. The van der Waals surface area contributed by atoms with Crippen LogP contribution in [-0.4, -0.2) is 35.3 Å². The number of methoxy groups -OCH3 is 1. The minimum atomic E-state index is -0.536. The van der Waals surface area contributed by atoms with E-state index in [0.29, 0.717) is 58.2 Å². The molecule has 1 spiro atoms. The fourth-order valence-corrected chi connectivity index (χ4v) is 7.93. The van der Waals surface area contributed by atoms with Crippen molar-refractivity contribution < 1.29 is 19.1 Å². The average Bonchev–Trinajstić information content (AvgIpc) is 3.80. The average molecular weight is 597 g/mol. The van der Waals surface area contributed by atoms with Gasteiger partial charge in [0.25, 0.3) is 5.91 Å². The molecule has 0 bridgehead atoms. The second kappa shape index (κ2) is 10.8. The first-order valence-corrected chi connectivity index (χ1v) is 15.8. The van der Waals surface area contributed by atoms with Crippen molar-refractivity contribution in [1.29, 1.82) is 0 Å². The van der Waals surface area contributed by atoms with Crippen molar-refractivity contribution in [2.45, 2.75) is 57.8 Å². The Morgan fingerprint density at radius 1 is 1.07 bits per heavy atom. The van der Waals surface area contributed by atoms with Gasteiger partial charge in [-0.1, -0.05) is 67.9 Å². The van der Waals surface area contributed by atoms with Crippen LogP contribution in [0, 0.1) is 29.6 Å². The number of benzene rings is 3. The second-order valence-electron chi connectivity index (χ2n) is 12.9. The summed E-state index contributed by atoms with van der Waals surface area (Å²) in [6.07, 6.45) is 4.13. The van der Waals surface area contributed by atoms with Gasteiger partial charge in [-0.05, 0) is 90.8 Å². The first-order valence-electron chi connectivity index (χ1n) is 15.4. The Morgan fingerprint density at radius 2 is 1.81 bits per heavy atom. The molecule has 3 aliphatic carbocycles. The van der Waals surface area contributed by atoms with E-state index in [1.54, 1.807) is 12.1 Å². The van der Waals surface area contributed by atoms with Gasteiger partial charge in [0.2, 0.25) is 0 Å². The van der Waals surface area contributed by atoms with E-state index in [9.17, 15) is 9.59 Å². The van der Waals surface area contributed by atoms with Crippen molar-refractivity contribution in [2.24, 2.45) is 34.6 Å². The third-order valence-corrected chi connectivity index (χ3v) is 10.5. The minimum absolute atomic E-state index is 0.0330. The standard InChI is InChI=1S/C36H37ClN2O4/c1-21(2)27-18-29-28(27)19-36(29)38-32(26-15-16-31(30(37)17-26)43-20-22-7-5-4-6-8-22)34(40)39(36)33(23-9-10-23)24-11-13-25(14-12-24)35(41)42-3/h4-8,11-17,21,23,27-29,33H,9-10,18-20H2,1-3H3. The number of amides is 1. The Bertz CT molecular complexity index is 1580. The van der Waals surface area contributed by atoms with Crippen molar-refractivity contribution >= 4 is 29.2 Å². The summed E-state index contributed by atoms with van der Waals surface area (Å²) >= 11 is 6.72. The highest BCUT2D eigenvalue weighted by atomic mass is 35.5. The number of nitrogens with zero attached hydrogens (tertiary/aromatic N) is 2. The Kier molecular flexibility index (Phi) is 7.08. The molecule has 3 saturated carbocycles. The highest BCUT2D eigenvalue weighted by Gasteiger charge is 2.70. The normalized spacial score (nSPS) is 26.4. The molecular formula is C36H37ClN2O4. The predicted molar refractivity (Wildman–Crippen MR) is 166 cm³/mol. The summed E-state index contributed by atoms with van der Waals surface area (Å²) in [6.45, 7) is 5.02. The van der Waals surface area contributed by atoms with Crippen molar-refractivity contribution in [3.8, 4) is 5.75 Å². The van der Waals surface area contributed by atoms with Crippen molar-refractivity contribution in [2.75, 3.05) is 7.11 Å². The molecule has 0 radical (unpaired) electrons. The molecule has 5 atom stereocenters. The molecule has 3 fully saturated rings. The number of hydrogen-bond acceptors (Lipinski definition) is 5. The lowest BCUT2D eigenvalue weighted by molar-refractivity contribution is -0.195. The summed E-state index contributed by atoms with van der Waals surface area (Å²) < 4.78 is 10.9. The lowest BCUT2D eigenvalue weighted by Gasteiger charge is -2.66. The van der Waals surface area contributed by atoms with Gasteiger partial charge in [-0.15, -0.1) is 0 Å². The number of hydrogen-bond donors (Lipinski definition) is 0. The molecule has 7 heteroatoms. The van der Waals surface area contributed by atoms with Crippen molar-refractivity contribution in [1.82, 2.24) is 4.90 Å². The van der Waals surface area contributed by atoms with Crippen LogP contribution in [0.15, 0.2) is 77.8 Å². The van der Waals surface area contributed by atoms with Gasteiger partial charge >= 0.3 is 5.97 Å². The number of rotatable bonds is 9. The molecule has 1 heterocycles. The number of carbonyl (C=O) groups is 2. The van der Waals surface area contributed by atoms with Crippen LogP contribution >= 0.6 is 11.6 Å². The Balaban J connectivity index is 1.21. The predicted octanol–water partition coefficient (Wildman–Crippen LogP) is 7.50. The lowest BCUT2D eigenvalue weighted by atomic mass is 9.45. The molecule has 7 rings (SSSR count). The zero-order chi connectivity index (χ0) is 29.9. The maximum absolute atomic E-state index is 14.5. The number of carbonyl (C=O) groups excluding carboxylic acids is 2. The summed E-state index contributed by atoms with van der Waals surface area (Å²) in [7, 11) is 1.39. The van der Waals surface area contributed by atoms with Crippen LogP contribution in [-0.2, 0) is 16.1 Å². The summed E-state index contributed by atoms with van der Waals surface area (Å²) in [5, 5.41) is 0.462. The van der Waals surface area contributed by atoms with Crippen molar-refractivity contribution in [3.63, 3.8) is 0 Å². The van der Waals surface area contributed by atoms with Gasteiger partial charge in [0.1, 0.15) is 23.7 Å². The molecule has 3 aromatic rings. The smallest absolute Gasteiger partial charge is 0.337 e. The van der Waals surface area contributed by atoms with E-state index in [1.807, 2.05) is 60.7 Å². The Hall–Kier alpha value is -3.64. The molecule has 3 aromatic carbocycles. The maximum atomic E-state index is 14.5. The number of halogens is 1. The lowest BCUT2D eigenvalue weighted by Crippen LogP contribution is -2.70. The largest absolute Gasteiger partial charge is 0.487 e. The van der Waals surface area contributed by atoms with Crippen LogP contribution < -0.4 is 4.74 Å². The van der Waals surface area contributed by atoms with Gasteiger partial charge in [-0.3, -0.25) is 9.79 Å². The molecule has 222 valence electrons. The van der Waals surface area contributed by atoms with E-state index in [2.05, 4.69) is 18.7 Å². The highest BCUT2D eigenvalue weighted by molar-refractivity contribution is 6.47. The van der Waals surface area contributed by atoms with Crippen molar-refractivity contribution in [3.05, 3.63) is 100 Å². The van der Waals surface area contributed by atoms with Gasteiger partial charge in [-0.2, -0.15) is 0 Å². The SMILES string of the molecule is COC(=O)c1ccc(C(C2CC2)N2C(=O)C(c3ccc(OCc4ccccc4)c(Cl)c3)=NC23CC2C(C(C)C)CC23)cc1. The molecule has 5 unspecified atom stereocenters. The molecule has 4 aliphatic rings. The first-order chi connectivity index (χ1) is 20.8. The Labute approximate surface area is 258 Å². The van der Waals surface area contributed by atoms with E-state index in [-0.39, 0.29) is 17.9 Å². The van der Waals surface area contributed by atoms with Crippen LogP contribution in [0.1, 0.15) is 72.6 Å². The van der Waals surface area contributed by atoms with Gasteiger partial charge in [0.15, 0.2) is 0 Å². The molecule has 1 aliphatic heterocycles. The van der Waals surface area contributed by atoms with E-state index >= 15 is 0 Å². The summed E-state index contributed by atoms with van der Waals surface area (Å²) in [6, 6.07) is 23.0. The van der Waals surface area contributed by atoms with Crippen LogP contribution in [0.3, 0.4) is 0 Å². The second-order valence-corrected chi connectivity index (χ2v) is 13.4. The monoisotopic (exact) mass is 596 g/mol.